The summed E-state index contributed by atoms with van der Waals surface area (Å²) in [5.41, 5.74) is 0.707. The molecule has 6 nitrogen and oxygen atoms in total. The molecular weight excluding hydrogens is 252 g/mol. The first-order valence-electron chi connectivity index (χ1n) is 6.10. The van der Waals surface area contributed by atoms with Crippen molar-refractivity contribution in [2.24, 2.45) is 0 Å². The van der Waals surface area contributed by atoms with Crippen molar-refractivity contribution in [1.82, 2.24) is 0 Å². The molecule has 0 aliphatic carbocycles. The Morgan fingerprint density at radius 1 is 1.21 bits per heavy atom. The van der Waals surface area contributed by atoms with Crippen LogP contribution in [0, 0.1) is 0 Å². The molecule has 5 atom stereocenters. The molecule has 1 aliphatic rings. The molecule has 1 fully saturated rings. The van der Waals surface area contributed by atoms with E-state index in [1.54, 1.807) is 24.3 Å². The van der Waals surface area contributed by atoms with Crippen LogP contribution >= 0.6 is 0 Å². The van der Waals surface area contributed by atoms with Crippen molar-refractivity contribution in [3.8, 4) is 0 Å². The highest BCUT2D eigenvalue weighted by Gasteiger charge is 2.38. The molecule has 1 aliphatic heterocycles. The molecule has 6 heteroatoms. The zero-order valence-corrected chi connectivity index (χ0v) is 10.3. The van der Waals surface area contributed by atoms with Gasteiger partial charge in [-0.3, -0.25) is 0 Å². The van der Waals surface area contributed by atoms with E-state index in [0.717, 1.165) is 0 Å². The van der Waals surface area contributed by atoms with Gasteiger partial charge >= 0.3 is 0 Å². The average molecular weight is 270 g/mol. The molecule has 1 heterocycles. The maximum Gasteiger partial charge on any atom is 0.184 e. The fraction of sp³-hybridized carbons (Fsp3) is 0.538. The Balaban J connectivity index is 2.19. The Hall–Kier alpha value is -1.02. The van der Waals surface area contributed by atoms with E-state index in [9.17, 15) is 15.3 Å². The van der Waals surface area contributed by atoms with E-state index in [2.05, 4.69) is 0 Å². The third kappa shape index (κ3) is 3.30. The minimum Gasteiger partial charge on any atom is -0.394 e. The standard InChI is InChI=1S/C13H18O6/c14-6-9(15)12-11(17)10(16)7-18-13(19-12)8-4-2-1-3-5-8/h1-5,9-17H,6-7H2/t9-,10+,11-,12-,13?/m1/s1. The third-order valence-corrected chi connectivity index (χ3v) is 3.07. The van der Waals surface area contributed by atoms with Gasteiger partial charge in [0.2, 0.25) is 0 Å². The Morgan fingerprint density at radius 2 is 1.89 bits per heavy atom. The number of aliphatic hydroxyl groups is 4. The molecule has 0 amide bonds. The molecule has 1 saturated heterocycles. The molecule has 2 rings (SSSR count). The fourth-order valence-electron chi connectivity index (χ4n) is 1.97. The van der Waals surface area contributed by atoms with Gasteiger partial charge in [0.25, 0.3) is 0 Å². The van der Waals surface area contributed by atoms with E-state index in [0.29, 0.717) is 5.56 Å². The summed E-state index contributed by atoms with van der Waals surface area (Å²) in [5, 5.41) is 38.2. The molecule has 1 unspecified atom stereocenters. The quantitative estimate of drug-likeness (QED) is 0.572. The molecule has 19 heavy (non-hydrogen) atoms. The van der Waals surface area contributed by atoms with E-state index >= 15 is 0 Å². The minimum atomic E-state index is -1.32. The van der Waals surface area contributed by atoms with Crippen LogP contribution < -0.4 is 0 Å². The van der Waals surface area contributed by atoms with Crippen molar-refractivity contribution < 1.29 is 29.9 Å². The summed E-state index contributed by atoms with van der Waals surface area (Å²) >= 11 is 0. The number of benzene rings is 1. The highest BCUT2D eigenvalue weighted by molar-refractivity contribution is 5.16. The van der Waals surface area contributed by atoms with Gasteiger partial charge in [0.15, 0.2) is 6.29 Å². The number of ether oxygens (including phenoxy) is 2. The highest BCUT2D eigenvalue weighted by atomic mass is 16.7. The minimum absolute atomic E-state index is 0.116. The smallest absolute Gasteiger partial charge is 0.184 e. The van der Waals surface area contributed by atoms with Crippen molar-refractivity contribution in [1.29, 1.82) is 0 Å². The lowest BCUT2D eigenvalue weighted by molar-refractivity contribution is -0.199. The predicted molar refractivity (Wildman–Crippen MR) is 65.1 cm³/mol. The van der Waals surface area contributed by atoms with Gasteiger partial charge in [-0.25, -0.2) is 0 Å². The lowest BCUT2D eigenvalue weighted by atomic mass is 10.0. The molecule has 106 valence electrons. The van der Waals surface area contributed by atoms with Crippen LogP contribution in [-0.2, 0) is 9.47 Å². The second-order valence-electron chi connectivity index (χ2n) is 4.48. The summed E-state index contributed by atoms with van der Waals surface area (Å²) in [6.07, 6.45) is -5.72. The average Bonchev–Trinajstić information content (AvgIpc) is 2.60. The maximum atomic E-state index is 9.86. The summed E-state index contributed by atoms with van der Waals surface area (Å²) in [7, 11) is 0. The molecule has 1 aromatic rings. The Labute approximate surface area is 110 Å². The summed E-state index contributed by atoms with van der Waals surface area (Å²) in [6.45, 7) is -0.689. The van der Waals surface area contributed by atoms with E-state index in [1.165, 1.54) is 0 Å². The van der Waals surface area contributed by atoms with Crippen LogP contribution in [0.25, 0.3) is 0 Å². The number of hydrogen-bond donors (Lipinski definition) is 4. The van der Waals surface area contributed by atoms with Gasteiger partial charge in [-0.15, -0.1) is 0 Å². The fourth-order valence-corrected chi connectivity index (χ4v) is 1.97. The molecule has 0 saturated carbocycles. The number of aliphatic hydroxyl groups excluding tert-OH is 4. The molecular formula is C13H18O6. The zero-order chi connectivity index (χ0) is 13.8. The lowest BCUT2D eigenvalue weighted by Gasteiger charge is -2.27. The van der Waals surface area contributed by atoms with Crippen LogP contribution in [0.2, 0.25) is 0 Å². The van der Waals surface area contributed by atoms with Crippen molar-refractivity contribution in [3.05, 3.63) is 35.9 Å². The van der Waals surface area contributed by atoms with Crippen molar-refractivity contribution in [2.45, 2.75) is 30.7 Å². The van der Waals surface area contributed by atoms with Crippen molar-refractivity contribution >= 4 is 0 Å². The first-order valence-corrected chi connectivity index (χ1v) is 6.10. The van der Waals surface area contributed by atoms with Gasteiger partial charge in [0.1, 0.15) is 24.4 Å². The van der Waals surface area contributed by atoms with Crippen molar-refractivity contribution in [2.75, 3.05) is 13.2 Å². The molecule has 0 radical (unpaired) electrons. The summed E-state index contributed by atoms with van der Waals surface area (Å²) in [4.78, 5) is 0. The monoisotopic (exact) mass is 270 g/mol. The first kappa shape index (κ1) is 14.4. The van der Waals surface area contributed by atoms with E-state index in [-0.39, 0.29) is 6.61 Å². The van der Waals surface area contributed by atoms with Gasteiger partial charge in [0.05, 0.1) is 13.2 Å². The lowest BCUT2D eigenvalue weighted by Crippen LogP contribution is -2.47. The Bertz CT molecular complexity index is 384. The second kappa shape index (κ2) is 6.42. The molecule has 1 aromatic carbocycles. The third-order valence-electron chi connectivity index (χ3n) is 3.07. The Kier molecular flexibility index (Phi) is 4.87. The topological polar surface area (TPSA) is 99.4 Å². The van der Waals surface area contributed by atoms with E-state index in [4.69, 9.17) is 14.6 Å². The van der Waals surface area contributed by atoms with Crippen LogP contribution in [0.3, 0.4) is 0 Å². The SMILES string of the molecule is OC[C@@H](O)[C@H]1OC(c2ccccc2)OC[C@H](O)[C@H]1O. The second-order valence-corrected chi connectivity index (χ2v) is 4.48. The highest BCUT2D eigenvalue weighted by Crippen LogP contribution is 2.27. The largest absolute Gasteiger partial charge is 0.394 e. The number of hydrogen-bond acceptors (Lipinski definition) is 6. The molecule has 0 spiro atoms. The molecule has 4 N–H and O–H groups in total. The molecule has 0 aromatic heterocycles. The van der Waals surface area contributed by atoms with Crippen LogP contribution in [0.15, 0.2) is 30.3 Å². The van der Waals surface area contributed by atoms with Gasteiger partial charge in [-0.05, 0) is 0 Å². The summed E-state index contributed by atoms with van der Waals surface area (Å²) in [5.74, 6) is 0. The summed E-state index contributed by atoms with van der Waals surface area (Å²) < 4.78 is 10.9. The normalized spacial score (nSPS) is 33.7. The van der Waals surface area contributed by atoms with Gasteiger partial charge in [0, 0.05) is 5.56 Å². The maximum absolute atomic E-state index is 9.86. The Morgan fingerprint density at radius 3 is 2.53 bits per heavy atom. The number of rotatable bonds is 3. The zero-order valence-electron chi connectivity index (χ0n) is 10.3. The van der Waals surface area contributed by atoms with Crippen LogP contribution in [0.5, 0.6) is 0 Å². The van der Waals surface area contributed by atoms with Crippen LogP contribution in [0.4, 0.5) is 0 Å². The predicted octanol–water partition coefficient (Wildman–Crippen LogP) is -0.824. The summed E-state index contributed by atoms with van der Waals surface area (Å²) in [6, 6.07) is 8.99. The van der Waals surface area contributed by atoms with Crippen LogP contribution in [0.1, 0.15) is 11.9 Å². The van der Waals surface area contributed by atoms with Gasteiger partial charge < -0.3 is 29.9 Å². The van der Waals surface area contributed by atoms with Gasteiger partial charge in [-0.2, -0.15) is 0 Å². The van der Waals surface area contributed by atoms with Crippen LogP contribution in [-0.4, -0.2) is 58.1 Å². The van der Waals surface area contributed by atoms with Crippen molar-refractivity contribution in [3.63, 3.8) is 0 Å². The van der Waals surface area contributed by atoms with E-state index < -0.39 is 37.3 Å². The molecule has 0 bridgehead atoms. The first-order chi connectivity index (χ1) is 9.13. The van der Waals surface area contributed by atoms with Gasteiger partial charge in [-0.1, -0.05) is 30.3 Å². The van der Waals surface area contributed by atoms with E-state index in [1.807, 2.05) is 6.07 Å².